The molecule has 128 valence electrons. The van der Waals surface area contributed by atoms with E-state index in [0.29, 0.717) is 5.56 Å². The number of carbonyl (C=O) groups is 2. The highest BCUT2D eigenvalue weighted by Crippen LogP contribution is 2.22. The van der Waals surface area contributed by atoms with Gasteiger partial charge < -0.3 is 15.2 Å². The lowest BCUT2D eigenvalue weighted by Crippen LogP contribution is -2.44. The summed E-state index contributed by atoms with van der Waals surface area (Å²) in [6.07, 6.45) is 0.893. The summed E-state index contributed by atoms with van der Waals surface area (Å²) in [5, 5.41) is 18.6. The van der Waals surface area contributed by atoms with Crippen molar-refractivity contribution >= 4 is 12.1 Å². The highest BCUT2D eigenvalue weighted by Gasteiger charge is 2.25. The Bertz CT molecular complexity index is 704. The van der Waals surface area contributed by atoms with Gasteiger partial charge in [-0.25, -0.2) is 9.59 Å². The number of hydrogen-bond acceptors (Lipinski definition) is 4. The van der Waals surface area contributed by atoms with E-state index in [1.54, 1.807) is 27.0 Å². The van der Waals surface area contributed by atoms with Crippen molar-refractivity contribution in [1.82, 2.24) is 15.5 Å². The molecule has 0 saturated heterocycles. The van der Waals surface area contributed by atoms with Crippen LogP contribution in [0.15, 0.2) is 36.5 Å². The van der Waals surface area contributed by atoms with Gasteiger partial charge in [-0.3, -0.25) is 5.10 Å². The molecule has 3 N–H and O–H groups in total. The van der Waals surface area contributed by atoms with Gasteiger partial charge in [0.25, 0.3) is 0 Å². The van der Waals surface area contributed by atoms with Gasteiger partial charge in [0.2, 0.25) is 0 Å². The van der Waals surface area contributed by atoms with Crippen LogP contribution in [0.3, 0.4) is 0 Å². The highest BCUT2D eigenvalue weighted by molar-refractivity contribution is 5.80. The first-order valence-electron chi connectivity index (χ1n) is 7.56. The van der Waals surface area contributed by atoms with Gasteiger partial charge in [-0.1, -0.05) is 30.3 Å². The number of hydrogen-bond donors (Lipinski definition) is 3. The summed E-state index contributed by atoms with van der Waals surface area (Å²) in [4.78, 5) is 23.3. The summed E-state index contributed by atoms with van der Waals surface area (Å²) in [5.41, 5.74) is 1.63. The molecule has 0 aliphatic rings. The summed E-state index contributed by atoms with van der Waals surface area (Å²) < 4.78 is 5.12. The number of amides is 1. The molecule has 0 aliphatic carbocycles. The zero-order valence-electron chi connectivity index (χ0n) is 13.9. The molecule has 1 aromatic heterocycles. The van der Waals surface area contributed by atoms with E-state index in [1.165, 1.54) is 0 Å². The monoisotopic (exact) mass is 331 g/mol. The Kier molecular flexibility index (Phi) is 5.23. The van der Waals surface area contributed by atoms with Crippen molar-refractivity contribution in [3.05, 3.63) is 42.1 Å². The minimum atomic E-state index is -1.14. The van der Waals surface area contributed by atoms with E-state index in [2.05, 4.69) is 15.5 Å². The van der Waals surface area contributed by atoms with Crippen LogP contribution >= 0.6 is 0 Å². The number of carboxylic acid groups (broad SMARTS) is 1. The Hall–Kier alpha value is -2.83. The predicted molar refractivity (Wildman–Crippen MR) is 88.5 cm³/mol. The third-order valence-corrected chi connectivity index (χ3v) is 3.19. The highest BCUT2D eigenvalue weighted by atomic mass is 16.6. The molecule has 0 radical (unpaired) electrons. The van der Waals surface area contributed by atoms with Crippen LogP contribution < -0.4 is 5.32 Å². The summed E-state index contributed by atoms with van der Waals surface area (Å²) >= 11 is 0. The van der Waals surface area contributed by atoms with E-state index in [9.17, 15) is 14.7 Å². The van der Waals surface area contributed by atoms with Crippen molar-refractivity contribution < 1.29 is 19.4 Å². The van der Waals surface area contributed by atoms with Crippen molar-refractivity contribution in [3.8, 4) is 11.3 Å². The number of H-pyrrole nitrogens is 1. The molecule has 1 unspecified atom stereocenters. The number of aliphatic carboxylic acids is 1. The molecule has 0 spiro atoms. The Morgan fingerprint density at radius 2 is 1.96 bits per heavy atom. The zero-order valence-corrected chi connectivity index (χ0v) is 13.9. The van der Waals surface area contributed by atoms with E-state index in [4.69, 9.17) is 4.74 Å². The summed E-state index contributed by atoms with van der Waals surface area (Å²) in [6.45, 7) is 5.14. The van der Waals surface area contributed by atoms with Crippen LogP contribution in [0.1, 0.15) is 26.3 Å². The first kappa shape index (κ1) is 17.5. The van der Waals surface area contributed by atoms with Crippen LogP contribution in [0.5, 0.6) is 0 Å². The Labute approximate surface area is 140 Å². The number of aromatic amines is 1. The third-order valence-electron chi connectivity index (χ3n) is 3.19. The minimum Gasteiger partial charge on any atom is -0.480 e. The standard InChI is InChI=1S/C17H21N3O4/c1-17(2,3)24-16(23)19-13(15(21)22)9-12-10-18-20-14(12)11-7-5-4-6-8-11/h4-8,10,13H,9H2,1-3H3,(H,18,20)(H,19,23)(H,21,22). The smallest absolute Gasteiger partial charge is 0.408 e. The van der Waals surface area contributed by atoms with Gasteiger partial charge in [-0.2, -0.15) is 5.10 Å². The number of nitrogens with one attached hydrogen (secondary N) is 2. The molecule has 1 aromatic carbocycles. The predicted octanol–water partition coefficient (Wildman–Crippen LogP) is 2.60. The van der Waals surface area contributed by atoms with Crippen LogP contribution in [0.2, 0.25) is 0 Å². The normalized spacial score (nSPS) is 12.5. The maximum atomic E-state index is 11.8. The van der Waals surface area contributed by atoms with Crippen LogP contribution in [-0.2, 0) is 16.0 Å². The summed E-state index contributed by atoms with van der Waals surface area (Å²) in [6, 6.07) is 8.34. The fourth-order valence-electron chi connectivity index (χ4n) is 2.19. The molecule has 1 atom stereocenters. The van der Waals surface area contributed by atoms with E-state index >= 15 is 0 Å². The van der Waals surface area contributed by atoms with Crippen LogP contribution in [-0.4, -0.2) is 39.0 Å². The Balaban J connectivity index is 2.14. The number of benzene rings is 1. The number of alkyl carbamates (subject to hydrolysis) is 1. The Morgan fingerprint density at radius 3 is 2.54 bits per heavy atom. The van der Waals surface area contributed by atoms with Gasteiger partial charge in [0.05, 0.1) is 11.9 Å². The SMILES string of the molecule is CC(C)(C)OC(=O)NC(Cc1cn[nH]c1-c1ccccc1)C(=O)O. The molecule has 7 heteroatoms. The second-order valence-corrected chi connectivity index (χ2v) is 6.38. The maximum Gasteiger partial charge on any atom is 0.408 e. The molecule has 1 amide bonds. The van der Waals surface area contributed by atoms with Crippen LogP contribution in [0.4, 0.5) is 4.79 Å². The van der Waals surface area contributed by atoms with E-state index in [0.717, 1.165) is 11.3 Å². The lowest BCUT2D eigenvalue weighted by Gasteiger charge is -2.22. The second kappa shape index (κ2) is 7.16. The molecule has 24 heavy (non-hydrogen) atoms. The van der Waals surface area contributed by atoms with Crippen LogP contribution in [0, 0.1) is 0 Å². The maximum absolute atomic E-state index is 11.8. The van der Waals surface area contributed by atoms with Crippen LogP contribution in [0.25, 0.3) is 11.3 Å². The fraction of sp³-hybridized carbons (Fsp3) is 0.353. The van der Waals surface area contributed by atoms with Gasteiger partial charge in [0, 0.05) is 12.0 Å². The van der Waals surface area contributed by atoms with Gasteiger partial charge in [0.15, 0.2) is 0 Å². The molecule has 2 rings (SSSR count). The minimum absolute atomic E-state index is 0.0926. The topological polar surface area (TPSA) is 104 Å². The second-order valence-electron chi connectivity index (χ2n) is 6.38. The van der Waals surface area contributed by atoms with E-state index in [1.807, 2.05) is 30.3 Å². The molecule has 1 heterocycles. The molecular weight excluding hydrogens is 310 g/mol. The zero-order chi connectivity index (χ0) is 17.7. The molecular formula is C17H21N3O4. The van der Waals surface area contributed by atoms with Crippen molar-refractivity contribution in [2.24, 2.45) is 0 Å². The molecule has 0 saturated carbocycles. The Morgan fingerprint density at radius 1 is 1.29 bits per heavy atom. The first-order chi connectivity index (χ1) is 11.3. The molecule has 2 aromatic rings. The number of carbonyl (C=O) groups excluding carboxylic acids is 1. The van der Waals surface area contributed by atoms with Crippen molar-refractivity contribution in [1.29, 1.82) is 0 Å². The largest absolute Gasteiger partial charge is 0.480 e. The average molecular weight is 331 g/mol. The number of carboxylic acids is 1. The van der Waals surface area contributed by atoms with Gasteiger partial charge in [-0.05, 0) is 26.3 Å². The summed E-state index contributed by atoms with van der Waals surface area (Å²) in [5.74, 6) is -1.14. The molecule has 0 fully saturated rings. The number of rotatable bonds is 5. The van der Waals surface area contributed by atoms with Crippen molar-refractivity contribution in [2.45, 2.75) is 38.8 Å². The lowest BCUT2D eigenvalue weighted by molar-refractivity contribution is -0.139. The molecule has 0 bridgehead atoms. The van der Waals surface area contributed by atoms with Crippen molar-refractivity contribution in [2.75, 3.05) is 0 Å². The number of aromatic nitrogens is 2. The third kappa shape index (κ3) is 4.84. The van der Waals surface area contributed by atoms with Gasteiger partial charge in [0.1, 0.15) is 11.6 Å². The van der Waals surface area contributed by atoms with Gasteiger partial charge in [-0.15, -0.1) is 0 Å². The lowest BCUT2D eigenvalue weighted by atomic mass is 10.0. The van der Waals surface area contributed by atoms with Gasteiger partial charge >= 0.3 is 12.1 Å². The molecule has 0 aliphatic heterocycles. The first-order valence-corrected chi connectivity index (χ1v) is 7.56. The quantitative estimate of drug-likeness (QED) is 0.781. The van der Waals surface area contributed by atoms with E-state index in [-0.39, 0.29) is 6.42 Å². The summed E-state index contributed by atoms with van der Waals surface area (Å²) in [7, 11) is 0. The number of nitrogens with zero attached hydrogens (tertiary/aromatic N) is 1. The molecule has 7 nitrogen and oxygen atoms in total. The number of ether oxygens (including phenoxy) is 1. The van der Waals surface area contributed by atoms with Crippen molar-refractivity contribution in [3.63, 3.8) is 0 Å². The average Bonchev–Trinajstić information content (AvgIpc) is 2.93. The fourth-order valence-corrected chi connectivity index (χ4v) is 2.19. The van der Waals surface area contributed by atoms with E-state index < -0.39 is 23.7 Å².